The summed E-state index contributed by atoms with van der Waals surface area (Å²) in [5.74, 6) is 0. The van der Waals surface area contributed by atoms with Gasteiger partial charge in [-0.1, -0.05) is 46.1 Å². The first kappa shape index (κ1) is 13.9. The van der Waals surface area contributed by atoms with Crippen LogP contribution in [0.4, 0.5) is 0 Å². The molecule has 0 saturated heterocycles. The summed E-state index contributed by atoms with van der Waals surface area (Å²) in [4.78, 5) is 0. The molecule has 1 nitrogen and oxygen atoms in total. The van der Waals surface area contributed by atoms with Gasteiger partial charge in [0.15, 0.2) is 0 Å². The highest BCUT2D eigenvalue weighted by atomic mass is 28.3. The van der Waals surface area contributed by atoms with E-state index in [0.717, 1.165) is 19.3 Å². The molecule has 0 aromatic carbocycles. The topological polar surface area (TPSA) is 20.2 Å². The quantitative estimate of drug-likeness (QED) is 0.691. The van der Waals surface area contributed by atoms with Crippen molar-refractivity contribution in [2.24, 2.45) is 0 Å². The molecule has 0 heterocycles. The third-order valence-corrected chi connectivity index (χ3v) is 3.97. The maximum atomic E-state index is 10.4. The van der Waals surface area contributed by atoms with Crippen LogP contribution in [0.25, 0.3) is 0 Å². The van der Waals surface area contributed by atoms with Crippen LogP contribution in [0, 0.1) is 0 Å². The lowest BCUT2D eigenvalue weighted by molar-refractivity contribution is 0.0674. The van der Waals surface area contributed by atoms with E-state index in [-0.39, 0.29) is 0 Å². The van der Waals surface area contributed by atoms with Crippen LogP contribution in [0.15, 0.2) is 11.3 Å². The molecule has 0 radical (unpaired) electrons. The van der Waals surface area contributed by atoms with Gasteiger partial charge in [-0.25, -0.2) is 0 Å². The molecule has 2 heteroatoms. The minimum absolute atomic E-state index is 0.547. The zero-order valence-corrected chi connectivity index (χ0v) is 11.6. The molecule has 0 unspecified atom stereocenters. The zero-order valence-electron chi connectivity index (χ0n) is 10.6. The van der Waals surface area contributed by atoms with E-state index in [1.807, 2.05) is 0 Å². The van der Waals surface area contributed by atoms with Crippen molar-refractivity contribution in [1.29, 1.82) is 0 Å². The largest absolute Gasteiger partial charge is 0.386 e. The van der Waals surface area contributed by atoms with Gasteiger partial charge in [0.25, 0.3) is 0 Å². The smallest absolute Gasteiger partial charge is 0.0847 e. The van der Waals surface area contributed by atoms with Gasteiger partial charge in [-0.15, -0.1) is 0 Å². The van der Waals surface area contributed by atoms with Gasteiger partial charge in [0.2, 0.25) is 0 Å². The van der Waals surface area contributed by atoms with Crippen molar-refractivity contribution < 1.29 is 5.11 Å². The maximum Gasteiger partial charge on any atom is 0.0847 e. The summed E-state index contributed by atoms with van der Waals surface area (Å²) >= 11 is 0. The summed E-state index contributed by atoms with van der Waals surface area (Å²) in [6, 6.07) is 0. The molecule has 0 atom stereocenters. The van der Waals surface area contributed by atoms with Crippen molar-refractivity contribution in [3.05, 3.63) is 11.3 Å². The highest BCUT2D eigenvalue weighted by Crippen LogP contribution is 2.28. The van der Waals surface area contributed by atoms with Crippen LogP contribution in [0.1, 0.15) is 40.0 Å². The van der Waals surface area contributed by atoms with Gasteiger partial charge >= 0.3 is 0 Å². The monoisotopic (exact) mass is 214 g/mol. The minimum atomic E-state index is -1.21. The molecule has 0 aromatic rings. The molecule has 0 amide bonds. The second-order valence-corrected chi connectivity index (χ2v) is 10.1. The van der Waals surface area contributed by atoms with Crippen molar-refractivity contribution in [1.82, 2.24) is 0 Å². The minimum Gasteiger partial charge on any atom is -0.386 e. The Kier molecular flexibility index (Phi) is 5.10. The van der Waals surface area contributed by atoms with Gasteiger partial charge in [0, 0.05) is 0 Å². The molecule has 14 heavy (non-hydrogen) atoms. The Hall–Kier alpha value is -0.0831. The van der Waals surface area contributed by atoms with Crippen LogP contribution < -0.4 is 0 Å². The standard InChI is InChI=1S/C12H26OSi/c1-7-11(10-14(4,5)6)12(13,8-2)9-3/h10,13H,7-9H2,1-6H3. The summed E-state index contributed by atoms with van der Waals surface area (Å²) < 4.78 is 0. The molecule has 0 aliphatic rings. The summed E-state index contributed by atoms with van der Waals surface area (Å²) in [6.45, 7) is 13.2. The Morgan fingerprint density at radius 3 is 1.79 bits per heavy atom. The van der Waals surface area contributed by atoms with Gasteiger partial charge in [0.05, 0.1) is 13.7 Å². The van der Waals surface area contributed by atoms with Crippen LogP contribution in [-0.4, -0.2) is 18.8 Å². The molecule has 0 aliphatic heterocycles. The third kappa shape index (κ3) is 3.97. The van der Waals surface area contributed by atoms with Gasteiger partial charge in [0.1, 0.15) is 0 Å². The summed E-state index contributed by atoms with van der Waals surface area (Å²) in [6.07, 6.45) is 2.63. The molecule has 0 rings (SSSR count). The van der Waals surface area contributed by atoms with Crippen molar-refractivity contribution in [2.45, 2.75) is 65.3 Å². The molecule has 0 saturated carbocycles. The van der Waals surface area contributed by atoms with Crippen molar-refractivity contribution in [3.8, 4) is 0 Å². The van der Waals surface area contributed by atoms with E-state index in [2.05, 4.69) is 46.1 Å². The molecule has 0 bridgehead atoms. The SMILES string of the molecule is CCC(=C[Si](C)(C)C)C(O)(CC)CC. The van der Waals surface area contributed by atoms with Gasteiger partial charge in [-0.2, -0.15) is 0 Å². The van der Waals surface area contributed by atoms with Gasteiger partial charge in [-0.05, 0) is 24.8 Å². The molecule has 84 valence electrons. The molecule has 0 spiro atoms. The average Bonchev–Trinajstić information content (AvgIpc) is 2.11. The third-order valence-electron chi connectivity index (χ3n) is 2.76. The van der Waals surface area contributed by atoms with Crippen LogP contribution in [0.2, 0.25) is 19.6 Å². The first-order valence-corrected chi connectivity index (χ1v) is 9.31. The van der Waals surface area contributed by atoms with E-state index in [1.165, 1.54) is 5.57 Å². The van der Waals surface area contributed by atoms with E-state index in [9.17, 15) is 5.11 Å². The molecule has 0 fully saturated rings. The molecule has 0 aromatic heterocycles. The summed E-state index contributed by atoms with van der Waals surface area (Å²) in [5.41, 5.74) is 3.07. The Morgan fingerprint density at radius 2 is 1.57 bits per heavy atom. The second-order valence-electron chi connectivity index (χ2n) is 5.13. The lowest BCUT2D eigenvalue weighted by Gasteiger charge is -2.30. The fourth-order valence-electron chi connectivity index (χ4n) is 1.79. The fourth-order valence-corrected chi connectivity index (χ4v) is 3.31. The molecular weight excluding hydrogens is 188 g/mol. The van der Waals surface area contributed by atoms with Crippen molar-refractivity contribution in [3.63, 3.8) is 0 Å². The number of hydrogen-bond donors (Lipinski definition) is 1. The van der Waals surface area contributed by atoms with Crippen molar-refractivity contribution in [2.75, 3.05) is 0 Å². The number of rotatable bonds is 5. The normalized spacial score (nSPS) is 14.6. The van der Waals surface area contributed by atoms with Crippen molar-refractivity contribution >= 4 is 8.07 Å². The first-order chi connectivity index (χ1) is 6.29. The molecule has 0 aliphatic carbocycles. The zero-order chi connectivity index (χ0) is 11.4. The second kappa shape index (κ2) is 5.13. The van der Waals surface area contributed by atoms with Crippen LogP contribution in [-0.2, 0) is 0 Å². The highest BCUT2D eigenvalue weighted by molar-refractivity contribution is 6.81. The fraction of sp³-hybridized carbons (Fsp3) is 0.833. The van der Waals surface area contributed by atoms with E-state index >= 15 is 0 Å². The van der Waals surface area contributed by atoms with Crippen LogP contribution in [0.3, 0.4) is 0 Å². The van der Waals surface area contributed by atoms with E-state index < -0.39 is 13.7 Å². The van der Waals surface area contributed by atoms with Crippen LogP contribution in [0.5, 0.6) is 0 Å². The lowest BCUT2D eigenvalue weighted by atomic mass is 9.88. The summed E-state index contributed by atoms with van der Waals surface area (Å²) in [7, 11) is -1.21. The predicted octanol–water partition coefficient (Wildman–Crippen LogP) is 3.75. The molecular formula is C12H26OSi. The van der Waals surface area contributed by atoms with E-state index in [4.69, 9.17) is 0 Å². The van der Waals surface area contributed by atoms with Gasteiger partial charge in [-0.3, -0.25) is 0 Å². The number of aliphatic hydroxyl groups is 1. The molecule has 1 N–H and O–H groups in total. The lowest BCUT2D eigenvalue weighted by Crippen LogP contribution is -2.32. The van der Waals surface area contributed by atoms with Gasteiger partial charge < -0.3 is 5.11 Å². The Labute approximate surface area is 90.2 Å². The van der Waals surface area contributed by atoms with E-state index in [1.54, 1.807) is 0 Å². The van der Waals surface area contributed by atoms with Crippen LogP contribution >= 0.6 is 0 Å². The first-order valence-electron chi connectivity index (χ1n) is 5.73. The Morgan fingerprint density at radius 1 is 1.14 bits per heavy atom. The average molecular weight is 214 g/mol. The Balaban J connectivity index is 4.97. The predicted molar refractivity (Wildman–Crippen MR) is 67.3 cm³/mol. The Bertz CT molecular complexity index is 197. The summed E-state index contributed by atoms with van der Waals surface area (Å²) in [5, 5.41) is 10.4. The highest BCUT2D eigenvalue weighted by Gasteiger charge is 2.27. The maximum absolute atomic E-state index is 10.4. The number of hydrogen-bond acceptors (Lipinski definition) is 1. The van der Waals surface area contributed by atoms with E-state index in [0.29, 0.717) is 0 Å².